The highest BCUT2D eigenvalue weighted by atomic mass is 35.5. The van der Waals surface area contributed by atoms with Crippen molar-refractivity contribution in [2.45, 2.75) is 45.1 Å². The van der Waals surface area contributed by atoms with Crippen LogP contribution in [-0.4, -0.2) is 36.8 Å². The molecule has 3 aromatic carbocycles. The van der Waals surface area contributed by atoms with Crippen LogP contribution in [0.4, 0.5) is 5.69 Å². The molecule has 0 fully saturated rings. The molecule has 0 unspecified atom stereocenters. The largest absolute Gasteiger partial charge is 0.488 e. The highest BCUT2D eigenvalue weighted by Gasteiger charge is 2.28. The third-order valence-corrected chi connectivity index (χ3v) is 7.80. The third kappa shape index (κ3) is 6.69. The van der Waals surface area contributed by atoms with Gasteiger partial charge in [0.1, 0.15) is 30.3 Å². The number of nitrogens with one attached hydrogen (secondary N) is 1. The van der Waals surface area contributed by atoms with Gasteiger partial charge >= 0.3 is 0 Å². The maximum atomic E-state index is 9.48. The number of nitriles is 1. The van der Waals surface area contributed by atoms with Gasteiger partial charge in [0.2, 0.25) is 0 Å². The van der Waals surface area contributed by atoms with Crippen LogP contribution in [0.1, 0.15) is 47.3 Å². The summed E-state index contributed by atoms with van der Waals surface area (Å²) in [6, 6.07) is 22.5. The second kappa shape index (κ2) is 13.3. The summed E-state index contributed by atoms with van der Waals surface area (Å²) in [5.74, 6) is 1.16. The molecule has 0 radical (unpaired) electrons. The molecule has 4 aromatic rings. The predicted octanol–water partition coefficient (Wildman–Crippen LogP) is 6.46. The van der Waals surface area contributed by atoms with E-state index in [2.05, 4.69) is 77.8 Å². The van der Waals surface area contributed by atoms with E-state index in [9.17, 15) is 10.4 Å². The fourth-order valence-electron chi connectivity index (χ4n) is 5.19. The number of pyridine rings is 1. The van der Waals surface area contributed by atoms with Gasteiger partial charge < -0.3 is 24.8 Å². The Balaban J connectivity index is 1.42. The van der Waals surface area contributed by atoms with E-state index in [0.717, 1.165) is 29.7 Å². The lowest BCUT2D eigenvalue weighted by atomic mass is 9.96. The van der Waals surface area contributed by atoms with Crippen molar-refractivity contribution in [2.24, 2.45) is 0 Å². The van der Waals surface area contributed by atoms with E-state index in [-0.39, 0.29) is 25.4 Å². The van der Waals surface area contributed by atoms with Crippen molar-refractivity contribution < 1.29 is 14.6 Å². The number of nitrogens with zero attached hydrogens (tertiary/aromatic N) is 3. The Morgan fingerprint density at radius 3 is 2.74 bits per heavy atom. The molecule has 1 aromatic heterocycles. The minimum absolute atomic E-state index is 0.0141. The molecule has 0 spiro atoms. The highest BCUT2D eigenvalue weighted by Crippen LogP contribution is 2.43. The van der Waals surface area contributed by atoms with E-state index in [1.54, 1.807) is 12.3 Å². The van der Waals surface area contributed by atoms with E-state index >= 15 is 0 Å². The molecule has 0 amide bonds. The topological polar surface area (TPSA) is 90.6 Å². The zero-order valence-corrected chi connectivity index (χ0v) is 24.9. The van der Waals surface area contributed by atoms with Gasteiger partial charge in [-0.2, -0.15) is 5.26 Å². The fourth-order valence-corrected chi connectivity index (χ4v) is 5.42. The lowest BCUT2D eigenvalue weighted by Crippen LogP contribution is -2.28. The summed E-state index contributed by atoms with van der Waals surface area (Å²) in [6.07, 6.45) is 4.81. The van der Waals surface area contributed by atoms with E-state index in [1.165, 1.54) is 28.5 Å². The van der Waals surface area contributed by atoms with Crippen molar-refractivity contribution in [3.05, 3.63) is 106 Å². The number of aliphatic hydroxyl groups excluding tert-OH is 1. The average molecular weight is 583 g/mol. The molecule has 1 aliphatic carbocycles. The number of fused-ring (bicyclic) bond motifs is 1. The van der Waals surface area contributed by atoms with E-state index in [1.807, 2.05) is 19.1 Å². The quantitative estimate of drug-likeness (QED) is 0.210. The highest BCUT2D eigenvalue weighted by molar-refractivity contribution is 6.32. The summed E-state index contributed by atoms with van der Waals surface area (Å²) in [5.41, 5.74) is 8.15. The Morgan fingerprint density at radius 1 is 1.12 bits per heavy atom. The van der Waals surface area contributed by atoms with Crippen LogP contribution in [0.25, 0.3) is 11.1 Å². The Hall–Kier alpha value is -4.09. The van der Waals surface area contributed by atoms with Crippen LogP contribution in [0.5, 0.6) is 11.5 Å². The standard InChI is InChI=1S/C34H35ClN4O3/c1-22(20-40)38-19-26-14-31(35)34(15-33(26)41-21-24-12-23(16-36)17-37-18-24)42-32-11-10-29-28(8-5-9-30(29)32)25-6-4-7-27(13-25)39(2)3/h4-9,12-15,17-18,22,32,38,40H,10-11,19-21H2,1-3H3/t22-,32+/m1/s1. The smallest absolute Gasteiger partial charge is 0.142 e. The normalized spacial score (nSPS) is 14.6. The molecule has 0 saturated carbocycles. The molecule has 42 heavy (non-hydrogen) atoms. The molecule has 0 bridgehead atoms. The van der Waals surface area contributed by atoms with Gasteiger partial charge in [0, 0.05) is 62.0 Å². The maximum absolute atomic E-state index is 9.48. The van der Waals surface area contributed by atoms with Crippen LogP contribution >= 0.6 is 11.6 Å². The number of benzene rings is 3. The lowest BCUT2D eigenvalue weighted by molar-refractivity contribution is 0.205. The van der Waals surface area contributed by atoms with Gasteiger partial charge in [-0.05, 0) is 66.3 Å². The summed E-state index contributed by atoms with van der Waals surface area (Å²) in [4.78, 5) is 6.25. The minimum atomic E-state index is -0.141. The number of anilines is 1. The molecule has 0 saturated heterocycles. The molecular formula is C34H35ClN4O3. The summed E-state index contributed by atoms with van der Waals surface area (Å²) in [7, 11) is 4.10. The van der Waals surface area contributed by atoms with E-state index in [4.69, 9.17) is 21.1 Å². The fraction of sp³-hybridized carbons (Fsp3) is 0.294. The number of hydrogen-bond acceptors (Lipinski definition) is 7. The van der Waals surface area contributed by atoms with Crippen LogP contribution < -0.4 is 19.7 Å². The Labute approximate surface area is 252 Å². The van der Waals surface area contributed by atoms with Crippen LogP contribution in [0, 0.1) is 11.3 Å². The number of aliphatic hydroxyl groups is 1. The number of halogens is 1. The van der Waals surface area contributed by atoms with Gasteiger partial charge in [0.15, 0.2) is 0 Å². The molecule has 7 nitrogen and oxygen atoms in total. The average Bonchev–Trinajstić information content (AvgIpc) is 3.43. The number of hydrogen-bond donors (Lipinski definition) is 2. The van der Waals surface area contributed by atoms with Crippen molar-refractivity contribution in [1.82, 2.24) is 10.3 Å². The Bertz CT molecular complexity index is 1600. The zero-order valence-electron chi connectivity index (χ0n) is 24.1. The van der Waals surface area contributed by atoms with Crippen molar-refractivity contribution in [2.75, 3.05) is 25.6 Å². The van der Waals surface area contributed by atoms with Gasteiger partial charge in [-0.1, -0.05) is 41.9 Å². The minimum Gasteiger partial charge on any atom is -0.488 e. The van der Waals surface area contributed by atoms with Crippen LogP contribution in [0.15, 0.2) is 73.1 Å². The van der Waals surface area contributed by atoms with Crippen LogP contribution in [-0.2, 0) is 19.6 Å². The first-order valence-electron chi connectivity index (χ1n) is 14.1. The summed E-state index contributed by atoms with van der Waals surface area (Å²) in [5, 5.41) is 22.5. The summed E-state index contributed by atoms with van der Waals surface area (Å²) in [6.45, 7) is 2.60. The molecule has 8 heteroatoms. The summed E-state index contributed by atoms with van der Waals surface area (Å²) >= 11 is 6.78. The Kier molecular flexibility index (Phi) is 9.28. The predicted molar refractivity (Wildman–Crippen MR) is 166 cm³/mol. The first-order valence-corrected chi connectivity index (χ1v) is 14.4. The van der Waals surface area contributed by atoms with Crippen molar-refractivity contribution in [3.8, 4) is 28.7 Å². The first kappa shape index (κ1) is 29.4. The van der Waals surface area contributed by atoms with Gasteiger partial charge in [-0.25, -0.2) is 0 Å². The van der Waals surface area contributed by atoms with Crippen molar-refractivity contribution in [1.29, 1.82) is 5.26 Å². The molecule has 5 rings (SSSR count). The maximum Gasteiger partial charge on any atom is 0.142 e. The van der Waals surface area contributed by atoms with Crippen molar-refractivity contribution >= 4 is 17.3 Å². The van der Waals surface area contributed by atoms with E-state index < -0.39 is 0 Å². The van der Waals surface area contributed by atoms with Crippen molar-refractivity contribution in [3.63, 3.8) is 0 Å². The number of aromatic nitrogens is 1. The molecule has 0 aliphatic heterocycles. The molecule has 2 atom stereocenters. The van der Waals surface area contributed by atoms with Crippen LogP contribution in [0.2, 0.25) is 5.02 Å². The van der Waals surface area contributed by atoms with E-state index in [0.29, 0.717) is 28.6 Å². The molecule has 2 N–H and O–H groups in total. The van der Waals surface area contributed by atoms with Gasteiger partial charge in [0.25, 0.3) is 0 Å². The van der Waals surface area contributed by atoms with Gasteiger partial charge in [-0.3, -0.25) is 4.98 Å². The first-order chi connectivity index (χ1) is 20.4. The van der Waals surface area contributed by atoms with Crippen LogP contribution in [0.3, 0.4) is 0 Å². The number of rotatable bonds is 11. The third-order valence-electron chi connectivity index (χ3n) is 7.51. The second-order valence-corrected chi connectivity index (χ2v) is 11.2. The second-order valence-electron chi connectivity index (χ2n) is 10.8. The molecule has 1 aliphatic rings. The zero-order chi connectivity index (χ0) is 29.6. The molecule has 216 valence electrons. The summed E-state index contributed by atoms with van der Waals surface area (Å²) < 4.78 is 12.8. The monoisotopic (exact) mass is 582 g/mol. The molecular weight excluding hydrogens is 548 g/mol. The Morgan fingerprint density at radius 2 is 1.95 bits per heavy atom. The number of ether oxygens (including phenoxy) is 2. The lowest BCUT2D eigenvalue weighted by Gasteiger charge is -2.20. The SMILES string of the molecule is C[C@H](CO)NCc1cc(Cl)c(O[C@H]2CCc3c(-c4cccc(N(C)C)c4)cccc32)cc1OCc1cncc(C#N)c1. The van der Waals surface area contributed by atoms with Gasteiger partial charge in [-0.15, -0.1) is 0 Å². The van der Waals surface area contributed by atoms with Gasteiger partial charge in [0.05, 0.1) is 17.2 Å². The molecule has 1 heterocycles.